The number of hydrogen-bond donors (Lipinski definition) is 1. The number of nitro benzene ring substituents is 1. The lowest BCUT2D eigenvalue weighted by molar-refractivity contribution is -0.384. The van der Waals surface area contributed by atoms with E-state index in [0.29, 0.717) is 50.4 Å². The predicted molar refractivity (Wildman–Crippen MR) is 114 cm³/mol. The number of carbonyl (C=O) groups excluding carboxylic acids is 2. The highest BCUT2D eigenvalue weighted by atomic mass is 16.6. The summed E-state index contributed by atoms with van der Waals surface area (Å²) in [4.78, 5) is 43.0. The molecule has 160 valence electrons. The number of hydrogen-bond acceptors (Lipinski definition) is 5. The van der Waals surface area contributed by atoms with Gasteiger partial charge in [-0.05, 0) is 31.4 Å². The van der Waals surface area contributed by atoms with Crippen LogP contribution in [0.25, 0.3) is 0 Å². The Balaban J connectivity index is 1.67. The number of aromatic amines is 1. The molecule has 0 aliphatic carbocycles. The quantitative estimate of drug-likeness (QED) is 0.427. The standard InChI is InChI=1S/C22H28N4O4/c1-4-6-19-20(16(3)27)15(2)23-21(19)22(28)25-11-9-24(10-12-25)14-17-7-5-8-18(13-17)26(29)30/h5,7-8,13,23H,4,6,9-12,14H2,1-3H3. The summed E-state index contributed by atoms with van der Waals surface area (Å²) in [6.07, 6.45) is 1.54. The van der Waals surface area contributed by atoms with Crippen molar-refractivity contribution in [3.05, 3.63) is 62.5 Å². The number of piperazine rings is 1. The van der Waals surface area contributed by atoms with Crippen LogP contribution in [0, 0.1) is 17.0 Å². The van der Waals surface area contributed by atoms with Crippen LogP contribution in [0.3, 0.4) is 0 Å². The first kappa shape index (κ1) is 21.7. The average molecular weight is 412 g/mol. The number of rotatable bonds is 7. The highest BCUT2D eigenvalue weighted by Gasteiger charge is 2.28. The molecule has 0 unspecified atom stereocenters. The second-order valence-corrected chi connectivity index (χ2v) is 7.78. The van der Waals surface area contributed by atoms with Crippen molar-refractivity contribution < 1.29 is 14.5 Å². The fourth-order valence-electron chi connectivity index (χ4n) is 4.13. The van der Waals surface area contributed by atoms with Gasteiger partial charge in [-0.3, -0.25) is 24.6 Å². The van der Waals surface area contributed by atoms with E-state index in [0.717, 1.165) is 23.2 Å². The van der Waals surface area contributed by atoms with Crippen LogP contribution < -0.4 is 0 Å². The molecular formula is C22H28N4O4. The third-order valence-corrected chi connectivity index (χ3v) is 5.54. The number of amides is 1. The van der Waals surface area contributed by atoms with Crippen LogP contribution >= 0.6 is 0 Å². The molecule has 8 heteroatoms. The van der Waals surface area contributed by atoms with E-state index in [1.807, 2.05) is 24.8 Å². The largest absolute Gasteiger partial charge is 0.354 e. The Labute approximate surface area is 176 Å². The van der Waals surface area contributed by atoms with Crippen molar-refractivity contribution in [2.75, 3.05) is 26.2 Å². The Morgan fingerprint density at radius 1 is 1.20 bits per heavy atom. The summed E-state index contributed by atoms with van der Waals surface area (Å²) in [5, 5.41) is 11.0. The van der Waals surface area contributed by atoms with Gasteiger partial charge in [-0.1, -0.05) is 25.5 Å². The number of nitrogens with zero attached hydrogens (tertiary/aromatic N) is 3. The van der Waals surface area contributed by atoms with Crippen LogP contribution in [-0.2, 0) is 13.0 Å². The highest BCUT2D eigenvalue weighted by Crippen LogP contribution is 2.23. The molecule has 1 N–H and O–H groups in total. The van der Waals surface area contributed by atoms with Crippen LogP contribution in [-0.4, -0.2) is 57.6 Å². The van der Waals surface area contributed by atoms with Crippen molar-refractivity contribution in [2.45, 2.75) is 40.2 Å². The van der Waals surface area contributed by atoms with E-state index >= 15 is 0 Å². The maximum absolute atomic E-state index is 13.2. The van der Waals surface area contributed by atoms with E-state index < -0.39 is 0 Å². The summed E-state index contributed by atoms with van der Waals surface area (Å²) in [5.74, 6) is -0.0860. The topological polar surface area (TPSA) is 99.5 Å². The van der Waals surface area contributed by atoms with Crippen molar-refractivity contribution in [1.29, 1.82) is 0 Å². The summed E-state index contributed by atoms with van der Waals surface area (Å²) >= 11 is 0. The number of Topliss-reactive ketones (excluding diaryl/α,β-unsaturated/α-hetero) is 1. The molecule has 1 aromatic carbocycles. The molecule has 1 aliphatic heterocycles. The van der Waals surface area contributed by atoms with E-state index in [4.69, 9.17) is 0 Å². The van der Waals surface area contributed by atoms with Crippen LogP contribution in [0.15, 0.2) is 24.3 Å². The number of nitrogens with one attached hydrogen (secondary N) is 1. The molecule has 0 spiro atoms. The summed E-state index contributed by atoms with van der Waals surface area (Å²) in [5.41, 5.74) is 3.73. The molecule has 0 radical (unpaired) electrons. The summed E-state index contributed by atoms with van der Waals surface area (Å²) in [6, 6.07) is 6.66. The van der Waals surface area contributed by atoms with Crippen molar-refractivity contribution in [3.8, 4) is 0 Å². The maximum atomic E-state index is 13.2. The number of carbonyl (C=O) groups is 2. The first-order valence-electron chi connectivity index (χ1n) is 10.3. The van der Waals surface area contributed by atoms with E-state index in [-0.39, 0.29) is 22.3 Å². The van der Waals surface area contributed by atoms with Gasteiger partial charge in [-0.15, -0.1) is 0 Å². The number of non-ortho nitro benzene ring substituents is 1. The molecule has 0 saturated carbocycles. The summed E-state index contributed by atoms with van der Waals surface area (Å²) in [6.45, 7) is 8.56. The first-order chi connectivity index (χ1) is 14.3. The Morgan fingerprint density at radius 2 is 1.90 bits per heavy atom. The molecule has 2 aromatic rings. The normalized spacial score (nSPS) is 14.7. The molecule has 1 fully saturated rings. The van der Waals surface area contributed by atoms with Crippen molar-refractivity contribution in [3.63, 3.8) is 0 Å². The maximum Gasteiger partial charge on any atom is 0.270 e. The van der Waals surface area contributed by atoms with Gasteiger partial charge < -0.3 is 9.88 Å². The number of H-pyrrole nitrogens is 1. The number of aromatic nitrogens is 1. The molecule has 2 heterocycles. The third-order valence-electron chi connectivity index (χ3n) is 5.54. The minimum atomic E-state index is -0.387. The second kappa shape index (κ2) is 9.21. The molecule has 1 saturated heterocycles. The van der Waals surface area contributed by atoms with Crippen molar-refractivity contribution >= 4 is 17.4 Å². The van der Waals surface area contributed by atoms with Gasteiger partial charge in [0.1, 0.15) is 5.69 Å². The Hall–Kier alpha value is -3.00. The zero-order chi connectivity index (χ0) is 21.8. The Kier molecular flexibility index (Phi) is 6.66. The SMILES string of the molecule is CCCc1c(C(=O)N2CCN(Cc3cccc([N+](=O)[O-])c3)CC2)[nH]c(C)c1C(C)=O. The highest BCUT2D eigenvalue weighted by molar-refractivity contribution is 6.02. The molecule has 1 aliphatic rings. The number of benzene rings is 1. The van der Waals surface area contributed by atoms with Gasteiger partial charge in [0.2, 0.25) is 0 Å². The fourth-order valence-corrected chi connectivity index (χ4v) is 4.13. The lowest BCUT2D eigenvalue weighted by Crippen LogP contribution is -2.48. The second-order valence-electron chi connectivity index (χ2n) is 7.78. The van der Waals surface area contributed by atoms with Gasteiger partial charge in [0.25, 0.3) is 11.6 Å². The van der Waals surface area contributed by atoms with Crippen molar-refractivity contribution in [1.82, 2.24) is 14.8 Å². The van der Waals surface area contributed by atoms with Gasteiger partial charge in [0, 0.05) is 56.1 Å². The summed E-state index contributed by atoms with van der Waals surface area (Å²) < 4.78 is 0. The van der Waals surface area contributed by atoms with Crippen LogP contribution in [0.5, 0.6) is 0 Å². The van der Waals surface area contributed by atoms with Gasteiger partial charge in [0.15, 0.2) is 5.78 Å². The lowest BCUT2D eigenvalue weighted by atomic mass is 10.0. The van der Waals surface area contributed by atoms with E-state index in [2.05, 4.69) is 9.88 Å². The molecule has 0 atom stereocenters. The minimum Gasteiger partial charge on any atom is -0.354 e. The smallest absolute Gasteiger partial charge is 0.270 e. The number of aryl methyl sites for hydroxylation is 1. The van der Waals surface area contributed by atoms with Gasteiger partial charge >= 0.3 is 0 Å². The number of nitro groups is 1. The molecule has 0 bridgehead atoms. The molecule has 1 aromatic heterocycles. The Bertz CT molecular complexity index is 958. The van der Waals surface area contributed by atoms with Gasteiger partial charge in [-0.2, -0.15) is 0 Å². The molecular weight excluding hydrogens is 384 g/mol. The number of ketones is 1. The minimum absolute atomic E-state index is 0.0203. The lowest BCUT2D eigenvalue weighted by Gasteiger charge is -2.34. The third kappa shape index (κ3) is 4.59. The van der Waals surface area contributed by atoms with E-state index in [1.165, 1.54) is 13.0 Å². The summed E-state index contributed by atoms with van der Waals surface area (Å²) in [7, 11) is 0. The molecule has 30 heavy (non-hydrogen) atoms. The molecule has 3 rings (SSSR count). The molecule has 1 amide bonds. The predicted octanol–water partition coefficient (Wildman–Crippen LogP) is 3.34. The zero-order valence-corrected chi connectivity index (χ0v) is 17.7. The van der Waals surface area contributed by atoms with Crippen molar-refractivity contribution in [2.24, 2.45) is 0 Å². The first-order valence-corrected chi connectivity index (χ1v) is 10.3. The van der Waals surface area contributed by atoms with Gasteiger partial charge in [0.05, 0.1) is 4.92 Å². The zero-order valence-electron chi connectivity index (χ0n) is 17.7. The fraction of sp³-hybridized carbons (Fsp3) is 0.455. The van der Waals surface area contributed by atoms with Gasteiger partial charge in [-0.25, -0.2) is 0 Å². The van der Waals surface area contributed by atoms with Crippen LogP contribution in [0.1, 0.15) is 57.9 Å². The van der Waals surface area contributed by atoms with Crippen LogP contribution in [0.2, 0.25) is 0 Å². The Morgan fingerprint density at radius 3 is 2.50 bits per heavy atom. The average Bonchev–Trinajstić information content (AvgIpc) is 3.04. The van der Waals surface area contributed by atoms with Crippen LogP contribution in [0.4, 0.5) is 5.69 Å². The van der Waals surface area contributed by atoms with E-state index in [9.17, 15) is 19.7 Å². The van der Waals surface area contributed by atoms with E-state index in [1.54, 1.807) is 12.1 Å². The monoisotopic (exact) mass is 412 g/mol. The molecule has 8 nitrogen and oxygen atoms in total.